The Labute approximate surface area is 212 Å². The highest BCUT2D eigenvalue weighted by Gasteiger charge is 2.39. The van der Waals surface area contributed by atoms with E-state index in [9.17, 15) is 4.79 Å². The van der Waals surface area contributed by atoms with Crippen molar-refractivity contribution in [2.24, 2.45) is 10.8 Å². The summed E-state index contributed by atoms with van der Waals surface area (Å²) in [7, 11) is 0. The molecule has 0 aromatic heterocycles. The van der Waals surface area contributed by atoms with Crippen LogP contribution in [0.4, 0.5) is 5.69 Å². The number of thiocarbonyl (C=S) groups is 1. The van der Waals surface area contributed by atoms with Crippen LogP contribution < -0.4 is 10.6 Å². The average molecular weight is 487 g/mol. The fourth-order valence-corrected chi connectivity index (χ4v) is 4.75. The summed E-state index contributed by atoms with van der Waals surface area (Å²) in [6.07, 6.45) is 0. The number of anilines is 1. The van der Waals surface area contributed by atoms with Gasteiger partial charge >= 0.3 is 0 Å². The van der Waals surface area contributed by atoms with Crippen molar-refractivity contribution < 1.29 is 9.39 Å². The predicted molar refractivity (Wildman–Crippen MR) is 146 cm³/mol. The van der Waals surface area contributed by atoms with Gasteiger partial charge in [0.2, 0.25) is 0 Å². The van der Waals surface area contributed by atoms with Gasteiger partial charge < -0.3 is 5.73 Å². The third-order valence-electron chi connectivity index (χ3n) is 6.49. The van der Waals surface area contributed by atoms with Crippen LogP contribution in [-0.4, -0.2) is 46.0 Å². The van der Waals surface area contributed by atoms with Gasteiger partial charge in [0.1, 0.15) is 13.1 Å². The van der Waals surface area contributed by atoms with Gasteiger partial charge in [-0.1, -0.05) is 84.0 Å². The van der Waals surface area contributed by atoms with Gasteiger partial charge in [0.25, 0.3) is 11.0 Å². The Morgan fingerprint density at radius 2 is 1.40 bits per heavy atom. The van der Waals surface area contributed by atoms with E-state index in [4.69, 9.17) is 23.1 Å². The van der Waals surface area contributed by atoms with E-state index in [2.05, 4.69) is 29.2 Å². The molecule has 4 rings (SSSR count). The number of quaternary nitrogens is 1. The van der Waals surface area contributed by atoms with E-state index in [1.54, 1.807) is 0 Å². The van der Waals surface area contributed by atoms with Crippen LogP contribution in [0.15, 0.2) is 90.0 Å². The van der Waals surface area contributed by atoms with E-state index >= 15 is 0 Å². The van der Waals surface area contributed by atoms with Crippen molar-refractivity contribution in [1.29, 1.82) is 0 Å². The minimum absolute atomic E-state index is 0.0519. The molecule has 180 valence electrons. The maximum atomic E-state index is 13.8. The van der Waals surface area contributed by atoms with Crippen LogP contribution in [-0.2, 0) is 17.9 Å². The first-order chi connectivity index (χ1) is 17.0. The number of nitrogens with zero attached hydrogens (tertiary/aromatic N) is 4. The molecule has 0 aliphatic carbocycles. The van der Waals surface area contributed by atoms with E-state index < -0.39 is 0 Å². The molecule has 35 heavy (non-hydrogen) atoms. The van der Waals surface area contributed by atoms with Gasteiger partial charge in [-0.15, -0.1) is 4.59 Å². The normalized spacial score (nSPS) is 14.5. The highest BCUT2D eigenvalue weighted by molar-refractivity contribution is 7.79. The van der Waals surface area contributed by atoms with Crippen molar-refractivity contribution in [3.8, 4) is 0 Å². The lowest BCUT2D eigenvalue weighted by atomic mass is 10.1. The van der Waals surface area contributed by atoms with E-state index in [-0.39, 0.29) is 15.6 Å². The van der Waals surface area contributed by atoms with Crippen LogP contribution in [0, 0.1) is 0 Å². The zero-order valence-corrected chi connectivity index (χ0v) is 21.1. The third kappa shape index (κ3) is 5.32. The molecule has 0 atom stereocenters. The lowest BCUT2D eigenvalue weighted by molar-refractivity contribution is -0.843. The smallest absolute Gasteiger partial charge is 0.294 e. The summed E-state index contributed by atoms with van der Waals surface area (Å²) in [5, 5.41) is 5.13. The molecule has 3 aromatic rings. The molecular weight excluding hydrogens is 454 g/mol. The topological polar surface area (TPSA) is 61.9 Å². The summed E-state index contributed by atoms with van der Waals surface area (Å²) in [5.74, 6) is -0.127. The SMILES string of the molecule is CC[N+](CC)(/N=C1\C(=O)N(CN(Cc2ccccc2)Cc2ccccc2)c2ccccc21)C(N)=S. The molecule has 0 fully saturated rings. The second-order valence-electron chi connectivity index (χ2n) is 8.69. The quantitative estimate of drug-likeness (QED) is 0.275. The molecule has 0 saturated heterocycles. The molecular formula is C28H32N5OS+. The molecule has 1 heterocycles. The van der Waals surface area contributed by atoms with Crippen LogP contribution in [0.2, 0.25) is 0 Å². The Bertz CT molecular complexity index is 1170. The highest BCUT2D eigenvalue weighted by atomic mass is 32.1. The number of rotatable bonds is 9. The largest absolute Gasteiger partial charge is 0.343 e. The van der Waals surface area contributed by atoms with Gasteiger partial charge in [0.15, 0.2) is 5.71 Å². The number of para-hydroxylation sites is 1. The number of hydrogen-bond acceptors (Lipinski definition) is 4. The summed E-state index contributed by atoms with van der Waals surface area (Å²) in [5.41, 5.74) is 10.6. The van der Waals surface area contributed by atoms with Crippen molar-refractivity contribution in [2.75, 3.05) is 24.7 Å². The van der Waals surface area contributed by atoms with Crippen LogP contribution in [0.5, 0.6) is 0 Å². The predicted octanol–water partition coefficient (Wildman–Crippen LogP) is 4.50. The lowest BCUT2D eigenvalue weighted by Crippen LogP contribution is -2.52. The summed E-state index contributed by atoms with van der Waals surface area (Å²) < 4.78 is 0.0519. The number of nitrogens with two attached hydrogens (primary N) is 1. The van der Waals surface area contributed by atoms with Gasteiger partial charge in [-0.05, 0) is 31.0 Å². The Hall–Kier alpha value is -3.39. The monoisotopic (exact) mass is 486 g/mol. The van der Waals surface area contributed by atoms with Crippen LogP contribution in [0.1, 0.15) is 30.5 Å². The zero-order chi connectivity index (χ0) is 24.8. The Balaban J connectivity index is 1.69. The average Bonchev–Trinajstić information content (AvgIpc) is 3.14. The Morgan fingerprint density at radius 1 is 0.886 bits per heavy atom. The van der Waals surface area contributed by atoms with Crippen molar-refractivity contribution >= 4 is 34.6 Å². The van der Waals surface area contributed by atoms with Crippen molar-refractivity contribution in [1.82, 2.24) is 4.90 Å². The minimum atomic E-state index is -0.127. The molecule has 7 heteroatoms. The molecule has 1 amide bonds. The number of carbonyl (C=O) groups is 1. The second-order valence-corrected chi connectivity index (χ2v) is 9.11. The summed E-state index contributed by atoms with van der Waals surface area (Å²) in [4.78, 5) is 17.9. The maximum absolute atomic E-state index is 13.8. The molecule has 0 radical (unpaired) electrons. The number of carbonyl (C=O) groups excluding carboxylic acids is 1. The summed E-state index contributed by atoms with van der Waals surface area (Å²) in [6.45, 7) is 6.99. The fraction of sp³-hybridized carbons (Fsp3) is 0.250. The first-order valence-electron chi connectivity index (χ1n) is 12.0. The molecule has 0 spiro atoms. The molecule has 0 saturated carbocycles. The third-order valence-corrected chi connectivity index (χ3v) is 6.82. The van der Waals surface area contributed by atoms with Crippen molar-refractivity contribution in [3.63, 3.8) is 0 Å². The van der Waals surface area contributed by atoms with E-state index in [1.807, 2.05) is 79.4 Å². The van der Waals surface area contributed by atoms with Crippen molar-refractivity contribution in [2.45, 2.75) is 26.9 Å². The number of amides is 1. The van der Waals surface area contributed by atoms with E-state index in [0.717, 1.165) is 11.3 Å². The van der Waals surface area contributed by atoms with Gasteiger partial charge in [-0.2, -0.15) is 0 Å². The van der Waals surface area contributed by atoms with Crippen LogP contribution in [0.25, 0.3) is 0 Å². The van der Waals surface area contributed by atoms with Gasteiger partial charge in [0.05, 0.1) is 12.4 Å². The number of benzene rings is 3. The van der Waals surface area contributed by atoms with Gasteiger partial charge in [-0.25, -0.2) is 0 Å². The first kappa shape index (κ1) is 24.7. The van der Waals surface area contributed by atoms with Crippen LogP contribution >= 0.6 is 12.2 Å². The Morgan fingerprint density at radius 3 is 1.91 bits per heavy atom. The molecule has 6 nitrogen and oxygen atoms in total. The second kappa shape index (κ2) is 10.9. The molecule has 1 aliphatic heterocycles. The molecule has 0 bridgehead atoms. The molecule has 0 unspecified atom stereocenters. The summed E-state index contributed by atoms with van der Waals surface area (Å²) >= 11 is 5.35. The number of hydrogen-bond donors (Lipinski definition) is 1. The first-order valence-corrected chi connectivity index (χ1v) is 12.4. The zero-order valence-electron chi connectivity index (χ0n) is 20.3. The fourth-order valence-electron chi connectivity index (χ4n) is 4.46. The van der Waals surface area contributed by atoms with E-state index in [0.29, 0.717) is 38.6 Å². The van der Waals surface area contributed by atoms with Gasteiger partial charge in [0, 0.05) is 30.9 Å². The Kier molecular flexibility index (Phi) is 7.70. The molecule has 2 N–H and O–H groups in total. The summed E-state index contributed by atoms with van der Waals surface area (Å²) in [6, 6.07) is 28.5. The molecule has 1 aliphatic rings. The van der Waals surface area contributed by atoms with Crippen molar-refractivity contribution in [3.05, 3.63) is 102 Å². The standard InChI is InChI=1S/C28H31N5OS/c1-3-33(4-2,28(29)35)30-26-24-17-11-12-18-25(24)32(27(26)34)21-31(19-22-13-7-5-8-14-22)20-23-15-9-6-10-16-23/h5-18H,3-4,19-21H2,1-2H3,(H-,29,35)/p+1/b30-26-. The lowest BCUT2D eigenvalue weighted by Gasteiger charge is -2.29. The minimum Gasteiger partial charge on any atom is -0.343 e. The van der Waals surface area contributed by atoms with Gasteiger partial charge in [-0.3, -0.25) is 14.6 Å². The molecule has 3 aromatic carbocycles. The van der Waals surface area contributed by atoms with Crippen LogP contribution in [0.3, 0.4) is 0 Å². The van der Waals surface area contributed by atoms with E-state index in [1.165, 1.54) is 11.1 Å². The maximum Gasteiger partial charge on any atom is 0.294 e. The number of fused-ring (bicyclic) bond motifs is 1. The highest BCUT2D eigenvalue weighted by Crippen LogP contribution is 2.31.